The van der Waals surface area contributed by atoms with E-state index in [4.69, 9.17) is 0 Å². The number of benzene rings is 2. The van der Waals surface area contributed by atoms with Gasteiger partial charge < -0.3 is 0 Å². The predicted octanol–water partition coefficient (Wildman–Crippen LogP) is 4.51. The lowest BCUT2D eigenvalue weighted by molar-refractivity contribution is -0.140. The molecule has 0 unspecified atom stereocenters. The first-order chi connectivity index (χ1) is 12.6. The van der Waals surface area contributed by atoms with E-state index < -0.39 is 27.7 Å². The second kappa shape index (κ2) is 6.73. The van der Waals surface area contributed by atoms with Crippen LogP contribution >= 0.6 is 0 Å². The van der Waals surface area contributed by atoms with E-state index in [2.05, 4.69) is 9.82 Å². The topological polar surface area (TPSA) is 74.8 Å². The van der Waals surface area contributed by atoms with Crippen molar-refractivity contribution in [1.29, 1.82) is 0 Å². The Kier molecular flexibility index (Phi) is 4.73. The lowest BCUT2D eigenvalue weighted by Crippen LogP contribution is -2.14. The minimum absolute atomic E-state index is 0.0763. The molecule has 27 heavy (non-hydrogen) atoms. The van der Waals surface area contributed by atoms with E-state index in [-0.39, 0.29) is 16.0 Å². The third-order valence-corrected chi connectivity index (χ3v) is 5.48. The highest BCUT2D eigenvalue weighted by molar-refractivity contribution is 7.92. The molecule has 0 aliphatic rings. The number of halogens is 3. The number of sulfonamides is 1. The Hall–Kier alpha value is -2.81. The first kappa shape index (κ1) is 19.0. The van der Waals surface area contributed by atoms with Crippen LogP contribution in [0.5, 0.6) is 0 Å². The Morgan fingerprint density at radius 2 is 1.67 bits per heavy atom. The van der Waals surface area contributed by atoms with Gasteiger partial charge >= 0.3 is 6.18 Å². The van der Waals surface area contributed by atoms with Gasteiger partial charge in [0.1, 0.15) is 5.69 Å². The number of aromatic amines is 1. The molecule has 1 aromatic heterocycles. The summed E-state index contributed by atoms with van der Waals surface area (Å²) in [4.78, 5) is -0.0763. The van der Waals surface area contributed by atoms with Gasteiger partial charge in [0.25, 0.3) is 10.0 Å². The van der Waals surface area contributed by atoms with Crippen molar-refractivity contribution < 1.29 is 21.6 Å². The molecule has 0 spiro atoms. The number of hydrogen-bond acceptors (Lipinski definition) is 3. The number of alkyl halides is 3. The van der Waals surface area contributed by atoms with Gasteiger partial charge in [-0.2, -0.15) is 18.3 Å². The zero-order valence-corrected chi connectivity index (χ0v) is 15.2. The molecule has 142 valence electrons. The average Bonchev–Trinajstić information content (AvgIpc) is 3.01. The lowest BCUT2D eigenvalue weighted by Gasteiger charge is -2.12. The van der Waals surface area contributed by atoms with Crippen molar-refractivity contribution in [2.75, 3.05) is 4.72 Å². The van der Waals surface area contributed by atoms with E-state index in [0.717, 1.165) is 11.1 Å². The Bertz CT molecular complexity index is 1070. The summed E-state index contributed by atoms with van der Waals surface area (Å²) in [5.41, 5.74) is 0.437. The van der Waals surface area contributed by atoms with Gasteiger partial charge in [-0.15, -0.1) is 0 Å². The standard InChI is InChI=1S/C18H16F3N3O2S/c1-11-8-9-13(10-12(11)2)15-16(18(19,20)21)22-23-17(15)24-27(25,26)14-6-4-3-5-7-14/h3-10H,1-2H3,(H2,22,23,24). The van der Waals surface area contributed by atoms with Gasteiger partial charge in [0.15, 0.2) is 5.82 Å². The number of H-pyrrole nitrogens is 1. The van der Waals surface area contributed by atoms with Crippen LogP contribution in [-0.4, -0.2) is 18.6 Å². The maximum atomic E-state index is 13.4. The van der Waals surface area contributed by atoms with Crippen LogP contribution in [0.4, 0.5) is 19.0 Å². The van der Waals surface area contributed by atoms with Crippen LogP contribution < -0.4 is 4.72 Å². The fourth-order valence-corrected chi connectivity index (χ4v) is 3.62. The summed E-state index contributed by atoms with van der Waals surface area (Å²) in [5.74, 6) is -0.408. The van der Waals surface area contributed by atoms with Crippen LogP contribution in [-0.2, 0) is 16.2 Å². The summed E-state index contributed by atoms with van der Waals surface area (Å²) in [6, 6.07) is 12.1. The predicted molar refractivity (Wildman–Crippen MR) is 95.8 cm³/mol. The van der Waals surface area contributed by atoms with E-state index in [1.54, 1.807) is 25.1 Å². The van der Waals surface area contributed by atoms with Crippen molar-refractivity contribution in [3.8, 4) is 11.1 Å². The van der Waals surface area contributed by atoms with Gasteiger partial charge in [-0.1, -0.05) is 36.4 Å². The molecule has 0 fully saturated rings. The van der Waals surface area contributed by atoms with Gasteiger partial charge in [-0.3, -0.25) is 9.82 Å². The third kappa shape index (κ3) is 3.82. The quantitative estimate of drug-likeness (QED) is 0.682. The second-order valence-corrected chi connectivity index (χ2v) is 7.72. The highest BCUT2D eigenvalue weighted by atomic mass is 32.2. The third-order valence-electron chi connectivity index (χ3n) is 4.13. The minimum Gasteiger partial charge on any atom is -0.271 e. The molecule has 0 saturated carbocycles. The number of aryl methyl sites for hydroxylation is 2. The summed E-state index contributed by atoms with van der Waals surface area (Å²) in [6.07, 6.45) is -4.72. The Morgan fingerprint density at radius 1 is 1.00 bits per heavy atom. The summed E-state index contributed by atoms with van der Waals surface area (Å²) < 4.78 is 67.5. The molecule has 0 aliphatic carbocycles. The van der Waals surface area contributed by atoms with Crippen LogP contribution in [0.2, 0.25) is 0 Å². The summed E-state index contributed by atoms with van der Waals surface area (Å²) in [7, 11) is -4.09. The second-order valence-electron chi connectivity index (χ2n) is 6.04. The van der Waals surface area contributed by atoms with Crippen LogP contribution in [0.3, 0.4) is 0 Å². The molecule has 5 nitrogen and oxygen atoms in total. The smallest absolute Gasteiger partial charge is 0.271 e. The Morgan fingerprint density at radius 3 is 2.26 bits per heavy atom. The van der Waals surface area contributed by atoms with Crippen molar-refractivity contribution in [1.82, 2.24) is 10.2 Å². The van der Waals surface area contributed by atoms with E-state index in [1.165, 1.54) is 30.3 Å². The molecule has 9 heteroatoms. The fourth-order valence-electron chi connectivity index (χ4n) is 2.58. The van der Waals surface area contributed by atoms with E-state index in [0.29, 0.717) is 0 Å². The monoisotopic (exact) mass is 395 g/mol. The first-order valence-corrected chi connectivity index (χ1v) is 9.39. The number of hydrogen-bond donors (Lipinski definition) is 2. The van der Waals surface area contributed by atoms with Crippen LogP contribution in [0.1, 0.15) is 16.8 Å². The zero-order valence-electron chi connectivity index (χ0n) is 14.4. The average molecular weight is 395 g/mol. The molecular weight excluding hydrogens is 379 g/mol. The number of rotatable bonds is 4. The number of nitrogens with one attached hydrogen (secondary N) is 2. The first-order valence-electron chi connectivity index (χ1n) is 7.90. The van der Waals surface area contributed by atoms with E-state index >= 15 is 0 Å². The van der Waals surface area contributed by atoms with Crippen LogP contribution in [0.15, 0.2) is 53.4 Å². The van der Waals surface area contributed by atoms with E-state index in [9.17, 15) is 21.6 Å². The highest BCUT2D eigenvalue weighted by Crippen LogP contribution is 2.40. The molecule has 2 aromatic carbocycles. The van der Waals surface area contributed by atoms with Crippen molar-refractivity contribution in [3.63, 3.8) is 0 Å². The van der Waals surface area contributed by atoms with Crippen LogP contribution in [0, 0.1) is 13.8 Å². The summed E-state index contributed by atoms with van der Waals surface area (Å²) >= 11 is 0. The zero-order chi connectivity index (χ0) is 19.8. The van der Waals surface area contributed by atoms with Gasteiger partial charge in [0.2, 0.25) is 0 Å². The molecule has 0 amide bonds. The van der Waals surface area contributed by atoms with Crippen molar-refractivity contribution in [2.45, 2.75) is 24.9 Å². The van der Waals surface area contributed by atoms with E-state index in [1.807, 2.05) is 12.0 Å². The minimum atomic E-state index is -4.72. The summed E-state index contributed by atoms with van der Waals surface area (Å²) in [6.45, 7) is 3.60. The van der Waals surface area contributed by atoms with Crippen molar-refractivity contribution in [2.24, 2.45) is 0 Å². The normalized spacial score (nSPS) is 12.2. The van der Waals surface area contributed by atoms with Crippen molar-refractivity contribution >= 4 is 15.8 Å². The maximum absolute atomic E-state index is 13.4. The highest BCUT2D eigenvalue weighted by Gasteiger charge is 2.38. The molecule has 0 radical (unpaired) electrons. The molecule has 3 aromatic rings. The molecule has 0 atom stereocenters. The molecule has 0 saturated heterocycles. The number of nitrogens with zero attached hydrogens (tertiary/aromatic N) is 1. The molecule has 2 N–H and O–H groups in total. The Balaban J connectivity index is 2.14. The number of anilines is 1. The van der Waals surface area contributed by atoms with Gasteiger partial charge in [0.05, 0.1) is 10.5 Å². The van der Waals surface area contributed by atoms with Crippen molar-refractivity contribution in [3.05, 3.63) is 65.4 Å². The van der Waals surface area contributed by atoms with Gasteiger partial charge in [-0.25, -0.2) is 8.42 Å². The lowest BCUT2D eigenvalue weighted by atomic mass is 10.00. The maximum Gasteiger partial charge on any atom is 0.433 e. The van der Waals surface area contributed by atoms with Gasteiger partial charge in [0, 0.05) is 0 Å². The molecule has 1 heterocycles. The fraction of sp³-hybridized carbons (Fsp3) is 0.167. The molecule has 3 rings (SSSR count). The van der Waals surface area contributed by atoms with Crippen LogP contribution in [0.25, 0.3) is 11.1 Å². The Labute approximate surface area is 154 Å². The SMILES string of the molecule is Cc1ccc(-c2c(NS(=O)(=O)c3ccccc3)n[nH]c2C(F)(F)F)cc1C. The number of aromatic nitrogens is 2. The molecule has 0 bridgehead atoms. The largest absolute Gasteiger partial charge is 0.433 e. The summed E-state index contributed by atoms with van der Waals surface area (Å²) in [5, 5.41) is 5.51. The molecule has 0 aliphatic heterocycles. The molecular formula is C18H16F3N3O2S. The van der Waals surface area contributed by atoms with Gasteiger partial charge in [-0.05, 0) is 42.7 Å².